The number of carbonyl (C=O) groups is 1. The lowest BCUT2D eigenvalue weighted by molar-refractivity contribution is 0.102. The number of benzene rings is 4. The first-order valence-corrected chi connectivity index (χ1v) is 14.2. The quantitative estimate of drug-likeness (QED) is 0.232. The van der Waals surface area contributed by atoms with E-state index in [-0.39, 0.29) is 5.91 Å². The van der Waals surface area contributed by atoms with Crippen molar-refractivity contribution in [2.24, 2.45) is 0 Å². The van der Waals surface area contributed by atoms with Crippen LogP contribution < -0.4 is 5.32 Å². The Morgan fingerprint density at radius 3 is 2.33 bits per heavy atom. The number of amides is 1. The zero-order valence-corrected chi connectivity index (χ0v) is 23.4. The van der Waals surface area contributed by atoms with Gasteiger partial charge in [-0.05, 0) is 103 Å². The lowest BCUT2D eigenvalue weighted by Crippen LogP contribution is -2.32. The first-order chi connectivity index (χ1) is 19.5. The molecule has 5 heteroatoms. The SMILES string of the molecule is Cc1ccc(C2CCN(Cc3ccc4cc(NC(=O)c5ccc(-c6ccc(Cl)cc6)nc5)ccc4c3)CC2)cc1. The van der Waals surface area contributed by atoms with Crippen LogP contribution in [0.5, 0.6) is 0 Å². The van der Waals surface area contributed by atoms with Crippen LogP contribution >= 0.6 is 11.6 Å². The highest BCUT2D eigenvalue weighted by atomic mass is 35.5. The smallest absolute Gasteiger partial charge is 0.257 e. The van der Waals surface area contributed by atoms with Crippen LogP contribution in [-0.4, -0.2) is 28.9 Å². The normalized spacial score (nSPS) is 14.3. The Balaban J connectivity index is 1.06. The summed E-state index contributed by atoms with van der Waals surface area (Å²) >= 11 is 5.98. The zero-order valence-electron chi connectivity index (χ0n) is 22.6. The molecule has 6 rings (SSSR count). The molecule has 0 aliphatic carbocycles. The number of anilines is 1. The molecule has 40 heavy (non-hydrogen) atoms. The third kappa shape index (κ3) is 6.09. The maximum atomic E-state index is 12.9. The molecule has 0 atom stereocenters. The molecule has 1 aliphatic heterocycles. The number of likely N-dealkylation sites (tertiary alicyclic amines) is 1. The number of halogens is 1. The van der Waals surface area contributed by atoms with Gasteiger partial charge in [0.25, 0.3) is 5.91 Å². The third-order valence-corrected chi connectivity index (χ3v) is 8.12. The van der Waals surface area contributed by atoms with Crippen LogP contribution in [0, 0.1) is 6.92 Å². The summed E-state index contributed by atoms with van der Waals surface area (Å²) in [6.07, 6.45) is 4.02. The Labute approximate surface area is 240 Å². The first kappa shape index (κ1) is 26.2. The maximum Gasteiger partial charge on any atom is 0.257 e. The molecule has 4 aromatic carbocycles. The van der Waals surface area contributed by atoms with Crippen molar-refractivity contribution in [1.82, 2.24) is 9.88 Å². The topological polar surface area (TPSA) is 45.2 Å². The van der Waals surface area contributed by atoms with Crippen LogP contribution in [0.4, 0.5) is 5.69 Å². The summed E-state index contributed by atoms with van der Waals surface area (Å²) in [4.78, 5) is 19.9. The van der Waals surface area contributed by atoms with Crippen LogP contribution in [0.25, 0.3) is 22.0 Å². The third-order valence-electron chi connectivity index (χ3n) is 7.87. The van der Waals surface area contributed by atoms with Gasteiger partial charge in [-0.2, -0.15) is 0 Å². The minimum Gasteiger partial charge on any atom is -0.322 e. The number of rotatable bonds is 6. The average molecular weight is 546 g/mol. The molecule has 1 saturated heterocycles. The first-order valence-electron chi connectivity index (χ1n) is 13.9. The van der Waals surface area contributed by atoms with Gasteiger partial charge in [0, 0.05) is 29.0 Å². The van der Waals surface area contributed by atoms with Crippen LogP contribution in [0.1, 0.15) is 45.8 Å². The molecule has 4 nitrogen and oxygen atoms in total. The van der Waals surface area contributed by atoms with Gasteiger partial charge in [0.15, 0.2) is 0 Å². The summed E-state index contributed by atoms with van der Waals surface area (Å²) < 4.78 is 0. The summed E-state index contributed by atoms with van der Waals surface area (Å²) in [5, 5.41) is 5.98. The molecule has 0 bridgehead atoms. The molecule has 0 radical (unpaired) electrons. The Morgan fingerprint density at radius 1 is 0.875 bits per heavy atom. The minimum absolute atomic E-state index is 0.180. The van der Waals surface area contributed by atoms with Crippen LogP contribution in [-0.2, 0) is 6.54 Å². The van der Waals surface area contributed by atoms with Gasteiger partial charge in [0.2, 0.25) is 0 Å². The van der Waals surface area contributed by atoms with Crippen molar-refractivity contribution in [1.29, 1.82) is 0 Å². The Morgan fingerprint density at radius 2 is 1.60 bits per heavy atom. The second-order valence-electron chi connectivity index (χ2n) is 10.8. The van der Waals surface area contributed by atoms with E-state index in [1.165, 1.54) is 34.9 Å². The van der Waals surface area contributed by atoms with Crippen LogP contribution in [0.15, 0.2) is 103 Å². The largest absolute Gasteiger partial charge is 0.322 e. The van der Waals surface area contributed by atoms with Gasteiger partial charge in [-0.25, -0.2) is 0 Å². The predicted octanol–water partition coefficient (Wildman–Crippen LogP) is 8.50. The van der Waals surface area contributed by atoms with Crippen LogP contribution in [0.3, 0.4) is 0 Å². The second kappa shape index (κ2) is 11.6. The van der Waals surface area contributed by atoms with E-state index in [2.05, 4.69) is 70.7 Å². The number of fused-ring (bicyclic) bond motifs is 1. The lowest BCUT2D eigenvalue weighted by atomic mass is 9.89. The molecule has 0 spiro atoms. The van der Waals surface area contributed by atoms with Crippen molar-refractivity contribution in [3.63, 3.8) is 0 Å². The van der Waals surface area contributed by atoms with Crippen molar-refractivity contribution < 1.29 is 4.79 Å². The molecule has 1 amide bonds. The molecule has 1 aromatic heterocycles. The summed E-state index contributed by atoms with van der Waals surface area (Å²) in [6, 6.07) is 32.9. The number of carbonyl (C=O) groups excluding carboxylic acids is 1. The molecule has 1 fully saturated rings. The number of nitrogens with zero attached hydrogens (tertiary/aromatic N) is 2. The van der Waals surface area contributed by atoms with Gasteiger partial charge >= 0.3 is 0 Å². The number of nitrogens with one attached hydrogen (secondary N) is 1. The van der Waals surface area contributed by atoms with Crippen molar-refractivity contribution >= 4 is 34.0 Å². The van der Waals surface area contributed by atoms with Gasteiger partial charge in [-0.3, -0.25) is 14.7 Å². The molecule has 2 heterocycles. The molecule has 200 valence electrons. The monoisotopic (exact) mass is 545 g/mol. The Kier molecular flexibility index (Phi) is 7.63. The van der Waals surface area contributed by atoms with Crippen molar-refractivity contribution in [2.45, 2.75) is 32.2 Å². The van der Waals surface area contributed by atoms with E-state index in [0.29, 0.717) is 16.5 Å². The zero-order chi connectivity index (χ0) is 27.5. The molecule has 5 aromatic rings. The van der Waals surface area contributed by atoms with Gasteiger partial charge < -0.3 is 5.32 Å². The van der Waals surface area contributed by atoms with E-state index in [1.807, 2.05) is 42.5 Å². The van der Waals surface area contributed by atoms with E-state index in [9.17, 15) is 4.79 Å². The number of hydrogen-bond donors (Lipinski definition) is 1. The van der Waals surface area contributed by atoms with Gasteiger partial charge in [-0.15, -0.1) is 0 Å². The van der Waals surface area contributed by atoms with E-state index in [4.69, 9.17) is 11.6 Å². The molecule has 1 N–H and O–H groups in total. The summed E-state index contributed by atoms with van der Waals surface area (Å²) in [7, 11) is 0. The Hall–Kier alpha value is -3.99. The van der Waals surface area contributed by atoms with E-state index < -0.39 is 0 Å². The van der Waals surface area contributed by atoms with Crippen LogP contribution in [0.2, 0.25) is 5.02 Å². The number of pyridine rings is 1. The second-order valence-corrected chi connectivity index (χ2v) is 11.2. The van der Waals surface area contributed by atoms with Gasteiger partial charge in [-0.1, -0.05) is 71.8 Å². The van der Waals surface area contributed by atoms with Crippen molar-refractivity contribution in [3.8, 4) is 11.3 Å². The van der Waals surface area contributed by atoms with Gasteiger partial charge in [0.05, 0.1) is 11.3 Å². The number of piperidine rings is 1. The number of aromatic nitrogens is 1. The molecular weight excluding hydrogens is 514 g/mol. The maximum absolute atomic E-state index is 12.9. The standard InChI is InChI=1S/C35H32ClN3O/c1-24-2-5-26(6-3-24)27-16-18-39(19-17-27)23-25-4-7-30-21-33(14-10-29(30)20-25)38-35(40)31-11-15-34(37-22-31)28-8-12-32(36)13-9-28/h2-15,20-22,27H,16-19,23H2,1H3,(H,38,40). The number of hydrogen-bond acceptors (Lipinski definition) is 3. The fourth-order valence-corrected chi connectivity index (χ4v) is 5.64. The van der Waals surface area contributed by atoms with Crippen molar-refractivity contribution in [3.05, 3.63) is 131 Å². The van der Waals surface area contributed by atoms with Crippen molar-refractivity contribution in [2.75, 3.05) is 18.4 Å². The lowest BCUT2D eigenvalue weighted by Gasteiger charge is -2.32. The highest BCUT2D eigenvalue weighted by molar-refractivity contribution is 6.30. The fraction of sp³-hybridized carbons (Fsp3) is 0.200. The number of aryl methyl sites for hydroxylation is 1. The Bertz CT molecular complexity index is 1620. The van der Waals surface area contributed by atoms with Gasteiger partial charge in [0.1, 0.15) is 0 Å². The minimum atomic E-state index is -0.180. The average Bonchev–Trinajstić information content (AvgIpc) is 2.98. The molecule has 1 aliphatic rings. The summed E-state index contributed by atoms with van der Waals surface area (Å²) in [5.41, 5.74) is 7.16. The molecule has 0 unspecified atom stereocenters. The molecular formula is C35H32ClN3O. The summed E-state index contributed by atoms with van der Waals surface area (Å²) in [6.45, 7) is 5.36. The van der Waals surface area contributed by atoms with E-state index >= 15 is 0 Å². The molecule has 0 saturated carbocycles. The highest BCUT2D eigenvalue weighted by Gasteiger charge is 2.20. The predicted molar refractivity (Wildman–Crippen MR) is 165 cm³/mol. The highest BCUT2D eigenvalue weighted by Crippen LogP contribution is 2.29. The fourth-order valence-electron chi connectivity index (χ4n) is 5.52. The summed E-state index contributed by atoms with van der Waals surface area (Å²) in [5.74, 6) is 0.486. The van der Waals surface area contributed by atoms with E-state index in [0.717, 1.165) is 42.0 Å². The van der Waals surface area contributed by atoms with E-state index in [1.54, 1.807) is 12.3 Å².